The Hall–Kier alpha value is -1.90. The molecule has 3 heteroatoms. The van der Waals surface area contributed by atoms with Gasteiger partial charge >= 0.3 is 0 Å². The van der Waals surface area contributed by atoms with Gasteiger partial charge in [0.25, 0.3) is 0 Å². The molecular formula is C33H46F2O. The maximum atomic E-state index is 14.6. The molecule has 1 nitrogen and oxygen atoms in total. The summed E-state index contributed by atoms with van der Waals surface area (Å²) in [7, 11) is 0. The first-order valence-electron chi connectivity index (χ1n) is 14.8. The predicted molar refractivity (Wildman–Crippen MR) is 146 cm³/mol. The summed E-state index contributed by atoms with van der Waals surface area (Å²) in [6.07, 6.45) is 16.3. The number of aryl methyl sites for hydroxylation is 2. The first-order valence-corrected chi connectivity index (χ1v) is 14.8. The van der Waals surface area contributed by atoms with Crippen LogP contribution < -0.4 is 4.74 Å². The minimum atomic E-state index is -0.820. The van der Waals surface area contributed by atoms with Crippen LogP contribution >= 0.6 is 0 Å². The molecule has 0 unspecified atom stereocenters. The van der Waals surface area contributed by atoms with Gasteiger partial charge in [0.15, 0.2) is 11.6 Å². The Labute approximate surface area is 218 Å². The average molecular weight is 497 g/mol. The van der Waals surface area contributed by atoms with Gasteiger partial charge in [0.05, 0.1) is 6.61 Å². The molecule has 198 valence electrons. The predicted octanol–water partition coefficient (Wildman–Crippen LogP) is 9.81. The number of unbranched alkanes of at least 4 members (excludes halogenated alkanes) is 1. The van der Waals surface area contributed by atoms with Crippen molar-refractivity contribution in [2.24, 2.45) is 17.8 Å². The van der Waals surface area contributed by atoms with Crippen molar-refractivity contribution in [2.75, 3.05) is 6.61 Å². The molecule has 2 aliphatic rings. The van der Waals surface area contributed by atoms with Gasteiger partial charge in [-0.3, -0.25) is 0 Å². The number of rotatable bonds is 11. The fourth-order valence-corrected chi connectivity index (χ4v) is 6.68. The molecule has 0 saturated heterocycles. The standard InChI is InChI=1S/C33H46F2O/c1-3-5-23-36-31-22-21-30(32(34)33(31)35)16-11-25-9-14-27(15-10-25)29-19-17-28(18-20-29)26-12-7-24(6-4-2)8-13-26/h7-8,12-13,21-22,25,27-29H,3-6,9-11,14-20,23H2,1-2H3. The summed E-state index contributed by atoms with van der Waals surface area (Å²) >= 11 is 0. The molecule has 0 heterocycles. The molecule has 2 aromatic rings. The molecule has 2 aliphatic carbocycles. The van der Waals surface area contributed by atoms with Gasteiger partial charge in [-0.15, -0.1) is 0 Å². The molecule has 2 saturated carbocycles. The third-order valence-electron chi connectivity index (χ3n) is 9.02. The van der Waals surface area contributed by atoms with Crippen LogP contribution in [0.3, 0.4) is 0 Å². The lowest BCUT2D eigenvalue weighted by atomic mass is 9.68. The average Bonchev–Trinajstić information content (AvgIpc) is 2.92. The van der Waals surface area contributed by atoms with E-state index in [0.717, 1.165) is 37.0 Å². The second-order valence-corrected chi connectivity index (χ2v) is 11.5. The molecule has 2 aromatic carbocycles. The van der Waals surface area contributed by atoms with E-state index >= 15 is 0 Å². The van der Waals surface area contributed by atoms with Crippen molar-refractivity contribution in [1.29, 1.82) is 0 Å². The van der Waals surface area contributed by atoms with Gasteiger partial charge in [-0.05, 0) is 111 Å². The minimum Gasteiger partial charge on any atom is -0.490 e. The Morgan fingerprint density at radius 2 is 1.39 bits per heavy atom. The molecule has 0 bridgehead atoms. The second kappa shape index (κ2) is 13.6. The quantitative estimate of drug-likeness (QED) is 0.281. The lowest BCUT2D eigenvalue weighted by Crippen LogP contribution is -2.25. The van der Waals surface area contributed by atoms with Gasteiger partial charge in [0, 0.05) is 0 Å². The number of hydrogen-bond acceptors (Lipinski definition) is 1. The van der Waals surface area contributed by atoms with Gasteiger partial charge < -0.3 is 4.74 Å². The first kappa shape index (κ1) is 27.1. The highest BCUT2D eigenvalue weighted by molar-refractivity contribution is 5.31. The van der Waals surface area contributed by atoms with E-state index in [1.807, 2.05) is 0 Å². The van der Waals surface area contributed by atoms with Crippen LogP contribution in [0.25, 0.3) is 0 Å². The number of ether oxygens (including phenoxy) is 1. The summed E-state index contributed by atoms with van der Waals surface area (Å²) in [5.74, 6) is 1.65. The van der Waals surface area contributed by atoms with E-state index in [0.29, 0.717) is 24.5 Å². The monoisotopic (exact) mass is 496 g/mol. The minimum absolute atomic E-state index is 0.0495. The molecule has 0 N–H and O–H groups in total. The van der Waals surface area contributed by atoms with E-state index in [1.54, 1.807) is 17.7 Å². The van der Waals surface area contributed by atoms with E-state index in [9.17, 15) is 8.78 Å². The summed E-state index contributed by atoms with van der Waals surface area (Å²) < 4.78 is 34.4. The van der Waals surface area contributed by atoms with Crippen LogP contribution in [0.1, 0.15) is 114 Å². The zero-order valence-electron chi connectivity index (χ0n) is 22.5. The van der Waals surface area contributed by atoms with Crippen molar-refractivity contribution in [3.63, 3.8) is 0 Å². The normalized spacial score (nSPS) is 24.6. The van der Waals surface area contributed by atoms with E-state index in [4.69, 9.17) is 4.74 Å². The molecular weight excluding hydrogens is 450 g/mol. The fraction of sp³-hybridized carbons (Fsp3) is 0.636. The van der Waals surface area contributed by atoms with Crippen LogP contribution in [-0.2, 0) is 12.8 Å². The summed E-state index contributed by atoms with van der Waals surface area (Å²) in [6.45, 7) is 4.73. The number of halogens is 2. The summed E-state index contributed by atoms with van der Waals surface area (Å²) in [6, 6.07) is 12.8. The van der Waals surface area contributed by atoms with Crippen LogP contribution in [0.2, 0.25) is 0 Å². The van der Waals surface area contributed by atoms with E-state index in [1.165, 1.54) is 69.8 Å². The molecule has 36 heavy (non-hydrogen) atoms. The Morgan fingerprint density at radius 3 is 2.03 bits per heavy atom. The van der Waals surface area contributed by atoms with Gasteiger partial charge in [0.1, 0.15) is 0 Å². The molecule has 0 spiro atoms. The molecule has 2 fully saturated rings. The van der Waals surface area contributed by atoms with Crippen LogP contribution in [0.15, 0.2) is 36.4 Å². The van der Waals surface area contributed by atoms with Crippen LogP contribution in [0, 0.1) is 29.4 Å². The maximum absolute atomic E-state index is 14.6. The highest BCUT2D eigenvalue weighted by Crippen LogP contribution is 2.44. The van der Waals surface area contributed by atoms with Crippen LogP contribution in [0.4, 0.5) is 8.78 Å². The zero-order valence-corrected chi connectivity index (χ0v) is 22.5. The molecule has 4 rings (SSSR count). The van der Waals surface area contributed by atoms with E-state index in [-0.39, 0.29) is 5.75 Å². The largest absolute Gasteiger partial charge is 0.490 e. The van der Waals surface area contributed by atoms with Crippen molar-refractivity contribution in [1.82, 2.24) is 0 Å². The third kappa shape index (κ3) is 7.11. The highest BCUT2D eigenvalue weighted by atomic mass is 19.2. The molecule has 0 atom stereocenters. The van der Waals surface area contributed by atoms with Crippen molar-refractivity contribution in [3.05, 3.63) is 64.7 Å². The summed E-state index contributed by atoms with van der Waals surface area (Å²) in [4.78, 5) is 0. The number of hydrogen-bond donors (Lipinski definition) is 0. The summed E-state index contributed by atoms with van der Waals surface area (Å²) in [5, 5.41) is 0. The highest BCUT2D eigenvalue weighted by Gasteiger charge is 2.31. The Kier molecular flexibility index (Phi) is 10.2. The SMILES string of the molecule is CCCCOc1ccc(CCC2CCC(C3CCC(c4ccc(CCC)cc4)CC3)CC2)c(F)c1F. The van der Waals surface area contributed by atoms with E-state index in [2.05, 4.69) is 38.1 Å². The van der Waals surface area contributed by atoms with Crippen LogP contribution in [0.5, 0.6) is 5.75 Å². The van der Waals surface area contributed by atoms with Gasteiger partial charge in [0.2, 0.25) is 5.82 Å². The fourth-order valence-electron chi connectivity index (χ4n) is 6.68. The zero-order chi connectivity index (χ0) is 25.3. The van der Waals surface area contributed by atoms with Gasteiger partial charge in [-0.1, -0.05) is 69.9 Å². The lowest BCUT2D eigenvalue weighted by molar-refractivity contribution is 0.157. The Balaban J connectivity index is 1.19. The maximum Gasteiger partial charge on any atom is 0.200 e. The Morgan fingerprint density at radius 1 is 0.722 bits per heavy atom. The molecule has 0 aliphatic heterocycles. The molecule has 0 aromatic heterocycles. The first-order chi connectivity index (χ1) is 17.6. The topological polar surface area (TPSA) is 9.23 Å². The van der Waals surface area contributed by atoms with Crippen molar-refractivity contribution in [3.8, 4) is 5.75 Å². The Bertz CT molecular complexity index is 921. The number of benzene rings is 2. The van der Waals surface area contributed by atoms with Crippen molar-refractivity contribution in [2.45, 2.75) is 110 Å². The molecule has 0 amide bonds. The molecule has 0 radical (unpaired) electrons. The smallest absolute Gasteiger partial charge is 0.200 e. The summed E-state index contributed by atoms with van der Waals surface area (Å²) in [5.41, 5.74) is 3.51. The third-order valence-corrected chi connectivity index (χ3v) is 9.02. The van der Waals surface area contributed by atoms with Crippen molar-refractivity contribution >= 4 is 0 Å². The van der Waals surface area contributed by atoms with Crippen molar-refractivity contribution < 1.29 is 13.5 Å². The second-order valence-electron chi connectivity index (χ2n) is 11.5. The lowest BCUT2D eigenvalue weighted by Gasteiger charge is -2.38. The van der Waals surface area contributed by atoms with Gasteiger partial charge in [-0.25, -0.2) is 4.39 Å². The van der Waals surface area contributed by atoms with Gasteiger partial charge in [-0.2, -0.15) is 4.39 Å². The van der Waals surface area contributed by atoms with E-state index < -0.39 is 11.6 Å². The van der Waals surface area contributed by atoms with Crippen LogP contribution in [-0.4, -0.2) is 6.61 Å².